The first-order chi connectivity index (χ1) is 13.7. The van der Waals surface area contributed by atoms with Crippen molar-refractivity contribution in [1.82, 2.24) is 24.7 Å². The molecule has 3 heterocycles. The van der Waals surface area contributed by atoms with Crippen LogP contribution in [0.4, 0.5) is 0 Å². The lowest BCUT2D eigenvalue weighted by atomic mass is 10.2. The Kier molecular flexibility index (Phi) is 3.98. The van der Waals surface area contributed by atoms with Gasteiger partial charge < -0.3 is 9.40 Å². The number of fused-ring (bicyclic) bond motifs is 2. The third-order valence-corrected chi connectivity index (χ3v) is 5.20. The Balaban J connectivity index is 1.47. The van der Waals surface area contributed by atoms with Gasteiger partial charge in [0.05, 0.1) is 17.6 Å². The minimum Gasteiger partial charge on any atom is -0.440 e. The van der Waals surface area contributed by atoms with E-state index in [1.165, 1.54) is 18.0 Å². The Hall–Kier alpha value is -3.39. The van der Waals surface area contributed by atoms with Crippen LogP contribution in [0.15, 0.2) is 69.1 Å². The Labute approximate surface area is 163 Å². The molecule has 0 saturated carbocycles. The van der Waals surface area contributed by atoms with E-state index in [0.717, 1.165) is 22.4 Å². The lowest BCUT2D eigenvalue weighted by Gasteiger charge is -2.03. The van der Waals surface area contributed by atoms with E-state index in [9.17, 15) is 4.79 Å². The molecular weight excluding hydrogens is 374 g/mol. The minimum atomic E-state index is -0.220. The van der Waals surface area contributed by atoms with Crippen molar-refractivity contribution >= 4 is 33.9 Å². The lowest BCUT2D eigenvalue weighted by molar-refractivity contribution is 0.555. The molecule has 0 atom stereocenters. The summed E-state index contributed by atoms with van der Waals surface area (Å²) < 4.78 is 7.46. The SMILES string of the molecule is Cc1ccc2nc(CSc3nc4c(cnn4-c4ccccc4)c(=O)[nH]3)oc2c1. The predicted molar refractivity (Wildman–Crippen MR) is 108 cm³/mol. The molecule has 5 aromatic rings. The lowest BCUT2D eigenvalue weighted by Crippen LogP contribution is -2.09. The summed E-state index contributed by atoms with van der Waals surface area (Å²) in [4.78, 5) is 24.3. The molecular formula is C20H15N5O2S. The molecule has 1 N–H and O–H groups in total. The standard InChI is InChI=1S/C20H15N5O2S/c1-12-7-8-15-16(9-12)27-17(22-15)11-28-20-23-18-14(19(26)24-20)10-21-25(18)13-5-3-2-4-6-13/h2-10H,11H2,1H3,(H,23,24,26). The number of para-hydroxylation sites is 1. The number of benzene rings is 2. The molecule has 0 aliphatic rings. The molecule has 0 unspecified atom stereocenters. The van der Waals surface area contributed by atoms with E-state index in [1.807, 2.05) is 55.5 Å². The van der Waals surface area contributed by atoms with Gasteiger partial charge in [-0.05, 0) is 36.8 Å². The van der Waals surface area contributed by atoms with E-state index in [-0.39, 0.29) is 5.56 Å². The molecule has 7 nitrogen and oxygen atoms in total. The van der Waals surface area contributed by atoms with Crippen LogP contribution in [0.1, 0.15) is 11.5 Å². The number of oxazole rings is 1. The van der Waals surface area contributed by atoms with Crippen LogP contribution in [0.2, 0.25) is 0 Å². The largest absolute Gasteiger partial charge is 0.440 e. The topological polar surface area (TPSA) is 89.6 Å². The average Bonchev–Trinajstić information content (AvgIpc) is 3.30. The van der Waals surface area contributed by atoms with Crippen LogP contribution in [0.25, 0.3) is 27.8 Å². The van der Waals surface area contributed by atoms with Crippen LogP contribution in [0.5, 0.6) is 0 Å². The number of nitrogens with zero attached hydrogens (tertiary/aromatic N) is 4. The summed E-state index contributed by atoms with van der Waals surface area (Å²) in [7, 11) is 0. The summed E-state index contributed by atoms with van der Waals surface area (Å²) in [5.74, 6) is 1.05. The van der Waals surface area contributed by atoms with Gasteiger partial charge in [-0.15, -0.1) is 0 Å². The number of aromatic amines is 1. The van der Waals surface area contributed by atoms with E-state index in [1.54, 1.807) is 4.68 Å². The van der Waals surface area contributed by atoms with Crippen LogP contribution >= 0.6 is 11.8 Å². The van der Waals surface area contributed by atoms with Gasteiger partial charge in [-0.2, -0.15) is 5.10 Å². The first-order valence-electron chi connectivity index (χ1n) is 8.70. The van der Waals surface area contributed by atoms with Crippen LogP contribution in [-0.4, -0.2) is 24.7 Å². The van der Waals surface area contributed by atoms with E-state index >= 15 is 0 Å². The highest BCUT2D eigenvalue weighted by Gasteiger charge is 2.13. The zero-order valence-corrected chi connectivity index (χ0v) is 15.7. The molecule has 2 aromatic carbocycles. The van der Waals surface area contributed by atoms with Crippen molar-refractivity contribution in [3.63, 3.8) is 0 Å². The number of H-pyrrole nitrogens is 1. The fraction of sp³-hybridized carbons (Fsp3) is 0.100. The Morgan fingerprint density at radius 2 is 2.00 bits per heavy atom. The maximum absolute atomic E-state index is 12.4. The van der Waals surface area contributed by atoms with Gasteiger partial charge in [-0.1, -0.05) is 36.0 Å². The van der Waals surface area contributed by atoms with Crippen LogP contribution in [0.3, 0.4) is 0 Å². The first-order valence-corrected chi connectivity index (χ1v) is 9.68. The molecule has 0 aliphatic carbocycles. The monoisotopic (exact) mass is 389 g/mol. The molecule has 3 aromatic heterocycles. The molecule has 28 heavy (non-hydrogen) atoms. The van der Waals surface area contributed by atoms with E-state index in [2.05, 4.69) is 20.1 Å². The molecule has 8 heteroatoms. The summed E-state index contributed by atoms with van der Waals surface area (Å²) in [5, 5.41) is 5.26. The predicted octanol–water partition coefficient (Wildman–Crippen LogP) is 3.85. The second-order valence-electron chi connectivity index (χ2n) is 6.37. The molecule has 0 amide bonds. The van der Waals surface area contributed by atoms with E-state index < -0.39 is 0 Å². The molecule has 0 radical (unpaired) electrons. The van der Waals surface area contributed by atoms with Crippen LogP contribution in [-0.2, 0) is 5.75 Å². The van der Waals surface area contributed by atoms with E-state index in [4.69, 9.17) is 4.42 Å². The maximum Gasteiger partial charge on any atom is 0.262 e. The number of aryl methyl sites for hydroxylation is 1. The maximum atomic E-state index is 12.4. The summed E-state index contributed by atoms with van der Waals surface area (Å²) >= 11 is 1.37. The molecule has 0 fully saturated rings. The van der Waals surface area contributed by atoms with Crippen molar-refractivity contribution < 1.29 is 4.42 Å². The van der Waals surface area contributed by atoms with Gasteiger partial charge in [0.2, 0.25) is 5.89 Å². The summed E-state index contributed by atoms with van der Waals surface area (Å²) in [5.41, 5.74) is 3.85. The van der Waals surface area contributed by atoms with Crippen molar-refractivity contribution in [3.8, 4) is 5.69 Å². The molecule has 0 spiro atoms. The second kappa shape index (κ2) is 6.65. The fourth-order valence-electron chi connectivity index (χ4n) is 3.00. The van der Waals surface area contributed by atoms with E-state index in [0.29, 0.717) is 27.8 Å². The van der Waals surface area contributed by atoms with Crippen molar-refractivity contribution in [2.75, 3.05) is 0 Å². The van der Waals surface area contributed by atoms with Crippen LogP contribution < -0.4 is 5.56 Å². The third-order valence-electron chi connectivity index (χ3n) is 4.34. The Morgan fingerprint density at radius 3 is 2.86 bits per heavy atom. The normalized spacial score (nSPS) is 11.5. The summed E-state index contributed by atoms with van der Waals surface area (Å²) in [6, 6.07) is 15.5. The molecule has 0 aliphatic heterocycles. The van der Waals surface area contributed by atoms with Gasteiger partial charge >= 0.3 is 0 Å². The Morgan fingerprint density at radius 1 is 1.14 bits per heavy atom. The number of thioether (sulfide) groups is 1. The van der Waals surface area contributed by atoms with Crippen molar-refractivity contribution in [2.45, 2.75) is 17.8 Å². The average molecular weight is 389 g/mol. The van der Waals surface area contributed by atoms with Crippen molar-refractivity contribution in [3.05, 3.63) is 76.5 Å². The smallest absolute Gasteiger partial charge is 0.262 e. The van der Waals surface area contributed by atoms with Gasteiger partial charge in [0.25, 0.3) is 5.56 Å². The van der Waals surface area contributed by atoms with Gasteiger partial charge in [0.1, 0.15) is 10.9 Å². The third kappa shape index (κ3) is 2.97. The number of hydrogen-bond acceptors (Lipinski definition) is 6. The van der Waals surface area contributed by atoms with Crippen molar-refractivity contribution in [1.29, 1.82) is 0 Å². The molecule has 0 bridgehead atoms. The zero-order valence-electron chi connectivity index (χ0n) is 14.9. The minimum absolute atomic E-state index is 0.220. The zero-order chi connectivity index (χ0) is 19.1. The van der Waals surface area contributed by atoms with Gasteiger partial charge in [-0.25, -0.2) is 14.6 Å². The molecule has 0 saturated heterocycles. The molecule has 5 rings (SSSR count). The first kappa shape index (κ1) is 16.8. The highest BCUT2D eigenvalue weighted by atomic mass is 32.2. The Bertz CT molecular complexity index is 1350. The van der Waals surface area contributed by atoms with Gasteiger partial charge in [-0.3, -0.25) is 4.79 Å². The van der Waals surface area contributed by atoms with Gasteiger partial charge in [0.15, 0.2) is 16.4 Å². The number of rotatable bonds is 4. The number of hydrogen-bond donors (Lipinski definition) is 1. The van der Waals surface area contributed by atoms with Gasteiger partial charge in [0, 0.05) is 0 Å². The molecule has 138 valence electrons. The van der Waals surface area contributed by atoms with Crippen molar-refractivity contribution in [2.24, 2.45) is 0 Å². The highest BCUT2D eigenvalue weighted by Crippen LogP contribution is 2.24. The number of aromatic nitrogens is 5. The summed E-state index contributed by atoms with van der Waals surface area (Å²) in [6.07, 6.45) is 1.53. The fourth-order valence-corrected chi connectivity index (χ4v) is 3.70. The second-order valence-corrected chi connectivity index (χ2v) is 7.33. The quantitative estimate of drug-likeness (QED) is 0.371. The highest BCUT2D eigenvalue weighted by molar-refractivity contribution is 7.98. The summed E-state index contributed by atoms with van der Waals surface area (Å²) in [6.45, 7) is 2.01. The number of nitrogens with one attached hydrogen (secondary N) is 1. The van der Waals surface area contributed by atoms with Crippen LogP contribution in [0, 0.1) is 6.92 Å².